The number of fused-ring (bicyclic) bond motifs is 1. The monoisotopic (exact) mass is 380 g/mol. The largest absolute Gasteiger partial charge is 0.354 e. The van der Waals surface area contributed by atoms with E-state index in [2.05, 4.69) is 15.3 Å². The van der Waals surface area contributed by atoms with Crippen molar-refractivity contribution in [3.8, 4) is 0 Å². The number of aromatic nitrogens is 2. The third-order valence-corrected chi connectivity index (χ3v) is 5.18. The van der Waals surface area contributed by atoms with Gasteiger partial charge in [-0.3, -0.25) is 4.79 Å². The summed E-state index contributed by atoms with van der Waals surface area (Å²) in [5.41, 5.74) is 4.75. The molecule has 27 heavy (non-hydrogen) atoms. The number of anilines is 2. The molecule has 1 saturated heterocycles. The van der Waals surface area contributed by atoms with E-state index in [9.17, 15) is 4.79 Å². The number of aryl methyl sites for hydroxylation is 2. The molecule has 0 atom stereocenters. The topological polar surface area (TPSA) is 58.1 Å². The van der Waals surface area contributed by atoms with Crippen molar-refractivity contribution in [1.82, 2.24) is 14.9 Å². The molecule has 138 valence electrons. The first-order valence-corrected chi connectivity index (χ1v) is 9.49. The molecule has 0 bridgehead atoms. The number of likely N-dealkylation sites (tertiary alicyclic amines) is 1. The first kappa shape index (κ1) is 17.7. The number of nitrogens with one attached hydrogen (secondary N) is 1. The Kier molecular flexibility index (Phi) is 4.70. The van der Waals surface area contributed by atoms with Crippen LogP contribution in [0.2, 0.25) is 5.02 Å². The molecule has 0 aliphatic carbocycles. The highest BCUT2D eigenvalue weighted by Gasteiger charge is 2.24. The van der Waals surface area contributed by atoms with E-state index in [0.717, 1.165) is 53.9 Å². The molecule has 0 unspecified atom stereocenters. The third-order valence-electron chi connectivity index (χ3n) is 4.94. The van der Waals surface area contributed by atoms with Crippen molar-refractivity contribution in [2.75, 3.05) is 18.4 Å². The Morgan fingerprint density at radius 1 is 1.15 bits per heavy atom. The molecule has 3 heterocycles. The van der Waals surface area contributed by atoms with Crippen molar-refractivity contribution in [3.63, 3.8) is 0 Å². The molecule has 1 aliphatic rings. The van der Waals surface area contributed by atoms with E-state index >= 15 is 0 Å². The predicted octanol–water partition coefficient (Wildman–Crippen LogP) is 4.88. The number of benzene rings is 1. The molecular formula is C21H21ClN4O. The number of nitrogens with zero attached hydrogens (tertiary/aromatic N) is 3. The average molecular weight is 381 g/mol. The van der Waals surface area contributed by atoms with Crippen LogP contribution in [0.3, 0.4) is 0 Å². The standard InChI is InChI=1S/C21H21ClN4O/c1-13-11-15(22)6-8-18(13)25-19-16-7-5-14(2)24-20(16)23-12-17(19)21(27)26-9-3-4-10-26/h5-8,11-12H,3-4,9-10H2,1-2H3,(H,23,24,25). The first-order chi connectivity index (χ1) is 13.0. The fraction of sp³-hybridized carbons (Fsp3) is 0.286. The molecule has 0 spiro atoms. The Bertz CT molecular complexity index is 1030. The molecule has 0 saturated carbocycles. The molecule has 2 aromatic heterocycles. The highest BCUT2D eigenvalue weighted by atomic mass is 35.5. The lowest BCUT2D eigenvalue weighted by Crippen LogP contribution is -2.28. The van der Waals surface area contributed by atoms with Gasteiger partial charge in [-0.15, -0.1) is 0 Å². The molecule has 1 fully saturated rings. The molecule has 1 aliphatic heterocycles. The van der Waals surface area contributed by atoms with E-state index in [4.69, 9.17) is 11.6 Å². The number of carbonyl (C=O) groups is 1. The van der Waals surface area contributed by atoms with Crippen molar-refractivity contribution in [3.05, 3.63) is 58.4 Å². The van der Waals surface area contributed by atoms with Crippen LogP contribution in [0.1, 0.15) is 34.5 Å². The SMILES string of the molecule is Cc1ccc2c(Nc3ccc(Cl)cc3C)c(C(=O)N3CCCC3)cnc2n1. The molecular weight excluding hydrogens is 360 g/mol. The summed E-state index contributed by atoms with van der Waals surface area (Å²) in [5, 5.41) is 4.97. The number of amides is 1. The second-order valence-electron chi connectivity index (χ2n) is 6.95. The van der Waals surface area contributed by atoms with Gasteiger partial charge < -0.3 is 10.2 Å². The summed E-state index contributed by atoms with van der Waals surface area (Å²) in [7, 11) is 0. The molecule has 5 nitrogen and oxygen atoms in total. The Balaban J connectivity index is 1.85. The molecule has 6 heteroatoms. The molecule has 3 aromatic rings. The van der Waals surface area contributed by atoms with Crippen LogP contribution in [-0.4, -0.2) is 33.9 Å². The Labute approximate surface area is 163 Å². The number of rotatable bonds is 3. The lowest BCUT2D eigenvalue weighted by atomic mass is 10.1. The zero-order chi connectivity index (χ0) is 19.0. The number of pyridine rings is 2. The maximum atomic E-state index is 13.1. The highest BCUT2D eigenvalue weighted by Crippen LogP contribution is 2.32. The van der Waals surface area contributed by atoms with E-state index in [1.54, 1.807) is 6.20 Å². The number of hydrogen-bond donors (Lipinski definition) is 1. The maximum Gasteiger partial charge on any atom is 0.257 e. The molecule has 0 radical (unpaired) electrons. The van der Waals surface area contributed by atoms with Crippen LogP contribution in [0.15, 0.2) is 36.5 Å². The van der Waals surface area contributed by atoms with Crippen LogP contribution in [0.5, 0.6) is 0 Å². The van der Waals surface area contributed by atoms with Crippen molar-refractivity contribution in [2.24, 2.45) is 0 Å². The van der Waals surface area contributed by atoms with Gasteiger partial charge in [0.15, 0.2) is 5.65 Å². The fourth-order valence-corrected chi connectivity index (χ4v) is 3.69. The summed E-state index contributed by atoms with van der Waals surface area (Å²) in [5.74, 6) is 0.0107. The van der Waals surface area contributed by atoms with Gasteiger partial charge in [0.2, 0.25) is 0 Å². The normalized spacial score (nSPS) is 14.0. The first-order valence-electron chi connectivity index (χ1n) is 9.12. The summed E-state index contributed by atoms with van der Waals surface area (Å²) >= 11 is 6.09. The van der Waals surface area contributed by atoms with Crippen LogP contribution in [0, 0.1) is 13.8 Å². The van der Waals surface area contributed by atoms with E-state index in [0.29, 0.717) is 16.2 Å². The predicted molar refractivity (Wildman–Crippen MR) is 109 cm³/mol. The summed E-state index contributed by atoms with van der Waals surface area (Å²) in [6.45, 7) is 5.51. The van der Waals surface area contributed by atoms with Crippen molar-refractivity contribution >= 4 is 39.9 Å². The minimum absolute atomic E-state index is 0.0107. The van der Waals surface area contributed by atoms with Gasteiger partial charge in [0.1, 0.15) is 0 Å². The number of carbonyl (C=O) groups excluding carboxylic acids is 1. The van der Waals surface area contributed by atoms with Gasteiger partial charge in [-0.25, -0.2) is 9.97 Å². The summed E-state index contributed by atoms with van der Waals surface area (Å²) in [4.78, 5) is 24.0. The van der Waals surface area contributed by atoms with E-state index in [1.807, 2.05) is 49.1 Å². The van der Waals surface area contributed by atoms with Crippen molar-refractivity contribution in [2.45, 2.75) is 26.7 Å². The second-order valence-corrected chi connectivity index (χ2v) is 7.39. The van der Waals surface area contributed by atoms with E-state index in [-0.39, 0.29) is 5.91 Å². The lowest BCUT2D eigenvalue weighted by Gasteiger charge is -2.20. The van der Waals surface area contributed by atoms with Gasteiger partial charge in [0, 0.05) is 41.1 Å². The quantitative estimate of drug-likeness (QED) is 0.703. The Morgan fingerprint density at radius 3 is 2.67 bits per heavy atom. The average Bonchev–Trinajstić information content (AvgIpc) is 3.18. The van der Waals surface area contributed by atoms with Crippen LogP contribution in [0.4, 0.5) is 11.4 Å². The van der Waals surface area contributed by atoms with Crippen molar-refractivity contribution in [1.29, 1.82) is 0 Å². The molecule has 4 rings (SSSR count). The molecule has 1 amide bonds. The van der Waals surface area contributed by atoms with Crippen LogP contribution in [0.25, 0.3) is 11.0 Å². The van der Waals surface area contributed by atoms with Gasteiger partial charge in [0.05, 0.1) is 11.3 Å². The Morgan fingerprint density at radius 2 is 1.93 bits per heavy atom. The second kappa shape index (κ2) is 7.16. The zero-order valence-electron chi connectivity index (χ0n) is 15.4. The third kappa shape index (κ3) is 3.47. The van der Waals surface area contributed by atoms with E-state index in [1.165, 1.54) is 0 Å². The minimum atomic E-state index is 0.0107. The summed E-state index contributed by atoms with van der Waals surface area (Å²) in [6.07, 6.45) is 3.74. The lowest BCUT2D eigenvalue weighted by molar-refractivity contribution is 0.0793. The van der Waals surface area contributed by atoms with Gasteiger partial charge in [0.25, 0.3) is 5.91 Å². The van der Waals surface area contributed by atoms with Gasteiger partial charge in [-0.1, -0.05) is 11.6 Å². The smallest absolute Gasteiger partial charge is 0.257 e. The fourth-order valence-electron chi connectivity index (χ4n) is 3.46. The van der Waals surface area contributed by atoms with Crippen LogP contribution in [-0.2, 0) is 0 Å². The van der Waals surface area contributed by atoms with Crippen LogP contribution >= 0.6 is 11.6 Å². The van der Waals surface area contributed by atoms with Gasteiger partial charge >= 0.3 is 0 Å². The number of halogens is 1. The molecule has 1 aromatic carbocycles. The zero-order valence-corrected chi connectivity index (χ0v) is 16.2. The summed E-state index contributed by atoms with van der Waals surface area (Å²) in [6, 6.07) is 9.57. The number of hydrogen-bond acceptors (Lipinski definition) is 4. The highest BCUT2D eigenvalue weighted by molar-refractivity contribution is 6.30. The maximum absolute atomic E-state index is 13.1. The Hall–Kier alpha value is -2.66. The minimum Gasteiger partial charge on any atom is -0.354 e. The summed E-state index contributed by atoms with van der Waals surface area (Å²) < 4.78 is 0. The van der Waals surface area contributed by atoms with Gasteiger partial charge in [-0.2, -0.15) is 0 Å². The van der Waals surface area contributed by atoms with Crippen LogP contribution < -0.4 is 5.32 Å². The van der Waals surface area contributed by atoms with Crippen molar-refractivity contribution < 1.29 is 4.79 Å². The molecule has 1 N–H and O–H groups in total. The van der Waals surface area contributed by atoms with E-state index < -0.39 is 0 Å². The van der Waals surface area contributed by atoms with Gasteiger partial charge in [-0.05, 0) is 62.6 Å².